The molecule has 2 aromatic carbocycles. The highest BCUT2D eigenvalue weighted by molar-refractivity contribution is 7.89. The number of rotatable bonds is 5. The molecule has 1 aliphatic heterocycles. The van der Waals surface area contributed by atoms with Gasteiger partial charge in [0.1, 0.15) is 0 Å². The molecule has 0 spiro atoms. The number of benzene rings is 2. The van der Waals surface area contributed by atoms with Gasteiger partial charge in [0.25, 0.3) is 5.91 Å². The number of hydrogen-bond donors (Lipinski definition) is 3. The Hall–Kier alpha value is -3.45. The Balaban J connectivity index is 1.91. The minimum atomic E-state index is -4.69. The summed E-state index contributed by atoms with van der Waals surface area (Å²) in [6, 6.07) is 7.30. The third kappa shape index (κ3) is 5.68. The Bertz CT molecular complexity index is 1210. The molecule has 1 fully saturated rings. The van der Waals surface area contributed by atoms with Crippen LogP contribution in [0.2, 0.25) is 0 Å². The van der Waals surface area contributed by atoms with Gasteiger partial charge in [-0.1, -0.05) is 6.07 Å². The van der Waals surface area contributed by atoms with Crippen LogP contribution in [0.25, 0.3) is 0 Å². The Morgan fingerprint density at radius 2 is 1.79 bits per heavy atom. The Kier molecular flexibility index (Phi) is 6.74. The molecule has 176 valence electrons. The number of hydrogen-bond acceptors (Lipinski definition) is 5. The molecule has 0 bridgehead atoms. The molecular formula is C20H19F3N4O5S. The number of carbonyl (C=O) groups excluding carboxylic acids is 3. The van der Waals surface area contributed by atoms with Crippen LogP contribution in [0.3, 0.4) is 0 Å². The van der Waals surface area contributed by atoms with Gasteiger partial charge in [-0.15, -0.1) is 0 Å². The van der Waals surface area contributed by atoms with Gasteiger partial charge in [0.05, 0.1) is 28.4 Å². The number of anilines is 2. The molecule has 33 heavy (non-hydrogen) atoms. The summed E-state index contributed by atoms with van der Waals surface area (Å²) >= 11 is 0. The standard InChI is InChI=1S/C20H19F3N4O5S/c1-12(28)25-16-6-5-14(20(21,22)23)10-17(16)26-19(30)13-3-2-4-15(9-13)33(31,32)27-8-7-24-18(29)11-27/h2-6,9-10H,7-8,11H2,1H3,(H,24,29)(H,25,28)(H,26,30). The molecule has 0 radical (unpaired) electrons. The Labute approximate surface area is 187 Å². The van der Waals surface area contributed by atoms with Crippen LogP contribution in [0.1, 0.15) is 22.8 Å². The van der Waals surface area contributed by atoms with E-state index in [-0.39, 0.29) is 41.5 Å². The zero-order chi connectivity index (χ0) is 24.4. The van der Waals surface area contributed by atoms with Gasteiger partial charge >= 0.3 is 6.18 Å². The molecule has 3 N–H and O–H groups in total. The smallest absolute Gasteiger partial charge is 0.354 e. The number of sulfonamides is 1. The fraction of sp³-hybridized carbons (Fsp3) is 0.250. The number of nitrogens with zero attached hydrogens (tertiary/aromatic N) is 1. The summed E-state index contributed by atoms with van der Waals surface area (Å²) in [6.45, 7) is 0.968. The van der Waals surface area contributed by atoms with Gasteiger partial charge in [0.15, 0.2) is 0 Å². The molecule has 0 aliphatic carbocycles. The van der Waals surface area contributed by atoms with Crippen LogP contribution in [0, 0.1) is 0 Å². The predicted molar refractivity (Wildman–Crippen MR) is 112 cm³/mol. The summed E-state index contributed by atoms with van der Waals surface area (Å²) in [5, 5.41) is 7.12. The van der Waals surface area contributed by atoms with Gasteiger partial charge in [-0.25, -0.2) is 8.42 Å². The molecule has 1 saturated heterocycles. The van der Waals surface area contributed by atoms with E-state index in [1.54, 1.807) is 0 Å². The van der Waals surface area contributed by atoms with E-state index in [1.807, 2.05) is 0 Å². The van der Waals surface area contributed by atoms with Gasteiger partial charge in [0.2, 0.25) is 21.8 Å². The topological polar surface area (TPSA) is 125 Å². The fourth-order valence-electron chi connectivity index (χ4n) is 3.08. The normalized spacial score (nSPS) is 15.0. The summed E-state index contributed by atoms with van der Waals surface area (Å²) < 4.78 is 66.0. The maximum Gasteiger partial charge on any atom is 0.416 e. The van der Waals surface area contributed by atoms with E-state index < -0.39 is 39.5 Å². The van der Waals surface area contributed by atoms with E-state index in [0.29, 0.717) is 6.07 Å². The first-order chi connectivity index (χ1) is 15.4. The van der Waals surface area contributed by atoms with Crippen LogP contribution >= 0.6 is 0 Å². The van der Waals surface area contributed by atoms with Crippen molar-refractivity contribution in [2.75, 3.05) is 30.3 Å². The van der Waals surface area contributed by atoms with Crippen LogP contribution in [-0.4, -0.2) is 50.1 Å². The quantitative estimate of drug-likeness (QED) is 0.599. The zero-order valence-corrected chi connectivity index (χ0v) is 18.0. The molecule has 1 heterocycles. The number of piperazine rings is 1. The Morgan fingerprint density at radius 1 is 1.06 bits per heavy atom. The maximum absolute atomic E-state index is 13.1. The number of carbonyl (C=O) groups is 3. The van der Waals surface area contributed by atoms with E-state index in [9.17, 15) is 36.0 Å². The van der Waals surface area contributed by atoms with Gasteiger partial charge in [-0.3, -0.25) is 14.4 Å². The van der Waals surface area contributed by atoms with Gasteiger partial charge in [0, 0.05) is 25.6 Å². The second-order valence-electron chi connectivity index (χ2n) is 7.11. The first-order valence-corrected chi connectivity index (χ1v) is 11.0. The van der Waals surface area contributed by atoms with E-state index >= 15 is 0 Å². The lowest BCUT2D eigenvalue weighted by Gasteiger charge is -2.26. The number of halogens is 3. The van der Waals surface area contributed by atoms with E-state index in [4.69, 9.17) is 0 Å². The summed E-state index contributed by atoms with van der Waals surface area (Å²) in [7, 11) is -4.09. The SMILES string of the molecule is CC(=O)Nc1ccc(C(F)(F)F)cc1NC(=O)c1cccc(S(=O)(=O)N2CCNC(=O)C2)c1. The van der Waals surface area contributed by atoms with Gasteiger partial charge in [-0.2, -0.15) is 17.5 Å². The third-order valence-electron chi connectivity index (χ3n) is 4.64. The highest BCUT2D eigenvalue weighted by atomic mass is 32.2. The van der Waals surface area contributed by atoms with E-state index in [1.165, 1.54) is 18.2 Å². The molecule has 9 nitrogen and oxygen atoms in total. The molecule has 13 heteroatoms. The predicted octanol–water partition coefficient (Wildman–Crippen LogP) is 2.04. The average Bonchev–Trinajstić information content (AvgIpc) is 2.74. The van der Waals surface area contributed by atoms with Crippen molar-refractivity contribution >= 4 is 39.1 Å². The molecule has 3 rings (SSSR count). The molecule has 0 aromatic heterocycles. The van der Waals surface area contributed by atoms with Crippen molar-refractivity contribution in [1.29, 1.82) is 0 Å². The molecular weight excluding hydrogens is 465 g/mol. The first-order valence-electron chi connectivity index (χ1n) is 9.55. The molecule has 1 aliphatic rings. The van der Waals surface area contributed by atoms with Crippen molar-refractivity contribution in [3.8, 4) is 0 Å². The monoisotopic (exact) mass is 484 g/mol. The summed E-state index contributed by atoms with van der Waals surface area (Å²) in [6.07, 6.45) is -4.69. The summed E-state index contributed by atoms with van der Waals surface area (Å²) in [4.78, 5) is 35.4. The summed E-state index contributed by atoms with van der Waals surface area (Å²) in [5.74, 6) is -1.92. The third-order valence-corrected chi connectivity index (χ3v) is 6.48. The van der Waals surface area contributed by atoms with Crippen LogP contribution in [-0.2, 0) is 25.8 Å². The van der Waals surface area contributed by atoms with Crippen molar-refractivity contribution in [3.63, 3.8) is 0 Å². The molecule has 3 amide bonds. The lowest BCUT2D eigenvalue weighted by molar-refractivity contribution is -0.137. The highest BCUT2D eigenvalue weighted by Gasteiger charge is 2.32. The molecule has 0 saturated carbocycles. The van der Waals surface area contributed by atoms with Crippen molar-refractivity contribution < 1.29 is 36.0 Å². The number of alkyl halides is 3. The largest absolute Gasteiger partial charge is 0.416 e. The minimum Gasteiger partial charge on any atom is -0.354 e. The van der Waals surface area contributed by atoms with Crippen LogP contribution in [0.4, 0.5) is 24.5 Å². The second kappa shape index (κ2) is 9.19. The van der Waals surface area contributed by atoms with Gasteiger partial charge < -0.3 is 16.0 Å². The fourth-order valence-corrected chi connectivity index (χ4v) is 4.53. The summed E-state index contributed by atoms with van der Waals surface area (Å²) in [5.41, 5.74) is -1.58. The molecule has 0 atom stereocenters. The average molecular weight is 484 g/mol. The van der Waals surface area contributed by atoms with E-state index in [2.05, 4.69) is 16.0 Å². The highest BCUT2D eigenvalue weighted by Crippen LogP contribution is 2.34. The maximum atomic E-state index is 13.1. The lowest BCUT2D eigenvalue weighted by Crippen LogP contribution is -2.49. The minimum absolute atomic E-state index is 0.0504. The van der Waals surface area contributed by atoms with Crippen molar-refractivity contribution in [2.24, 2.45) is 0 Å². The number of nitrogens with one attached hydrogen (secondary N) is 3. The second-order valence-corrected chi connectivity index (χ2v) is 9.05. The zero-order valence-electron chi connectivity index (χ0n) is 17.2. The van der Waals surface area contributed by atoms with Gasteiger partial charge in [-0.05, 0) is 36.4 Å². The van der Waals surface area contributed by atoms with Crippen molar-refractivity contribution in [2.45, 2.75) is 18.0 Å². The van der Waals surface area contributed by atoms with E-state index in [0.717, 1.165) is 29.4 Å². The molecule has 2 aromatic rings. The van der Waals surface area contributed by atoms with Crippen molar-refractivity contribution in [3.05, 3.63) is 53.6 Å². The van der Waals surface area contributed by atoms with Crippen LogP contribution in [0.15, 0.2) is 47.4 Å². The van der Waals surface area contributed by atoms with Crippen molar-refractivity contribution in [1.82, 2.24) is 9.62 Å². The number of amides is 3. The molecule has 0 unspecified atom stereocenters. The van der Waals surface area contributed by atoms with Crippen LogP contribution < -0.4 is 16.0 Å². The lowest BCUT2D eigenvalue weighted by atomic mass is 10.1. The Morgan fingerprint density at radius 3 is 2.42 bits per heavy atom. The first kappa shape index (κ1) is 24.2. The van der Waals surface area contributed by atoms with Crippen LogP contribution in [0.5, 0.6) is 0 Å².